The number of hydrogen-bond donors (Lipinski definition) is 0. The van der Waals surface area contributed by atoms with Crippen molar-refractivity contribution in [3.05, 3.63) is 50.9 Å². The molecule has 1 aromatic carbocycles. The third-order valence-electron chi connectivity index (χ3n) is 3.81. The molecule has 0 saturated heterocycles. The van der Waals surface area contributed by atoms with Gasteiger partial charge in [0.25, 0.3) is 0 Å². The van der Waals surface area contributed by atoms with Gasteiger partial charge in [-0.05, 0) is 55.9 Å². The molecule has 0 spiro atoms. The summed E-state index contributed by atoms with van der Waals surface area (Å²) >= 11 is 5.79. The molecule has 0 amide bonds. The Morgan fingerprint density at radius 3 is 2.76 bits per heavy atom. The lowest BCUT2D eigenvalue weighted by molar-refractivity contribution is 0.362. The van der Waals surface area contributed by atoms with Crippen LogP contribution in [0.1, 0.15) is 29.5 Å². The monoisotopic (exact) mass is 304 g/mol. The maximum atomic E-state index is 12.1. The average molecular weight is 305 g/mol. The SMILES string of the molecule is C=C(Cl)COc1cc(C)cc2oc(=O)c3c(c12)CCCC3. The summed E-state index contributed by atoms with van der Waals surface area (Å²) in [6.45, 7) is 5.83. The number of hydrogen-bond acceptors (Lipinski definition) is 3. The van der Waals surface area contributed by atoms with Crippen molar-refractivity contribution in [1.82, 2.24) is 0 Å². The van der Waals surface area contributed by atoms with Gasteiger partial charge in [-0.25, -0.2) is 4.79 Å². The summed E-state index contributed by atoms with van der Waals surface area (Å²) in [5.74, 6) is 0.716. The van der Waals surface area contributed by atoms with Crippen LogP contribution >= 0.6 is 11.6 Å². The van der Waals surface area contributed by atoms with Crippen LogP contribution in [0.3, 0.4) is 0 Å². The van der Waals surface area contributed by atoms with Crippen molar-refractivity contribution in [1.29, 1.82) is 0 Å². The van der Waals surface area contributed by atoms with Crippen molar-refractivity contribution in [2.75, 3.05) is 6.61 Å². The summed E-state index contributed by atoms with van der Waals surface area (Å²) in [7, 11) is 0. The van der Waals surface area contributed by atoms with Gasteiger partial charge in [0.2, 0.25) is 0 Å². The first-order valence-electron chi connectivity index (χ1n) is 7.11. The summed E-state index contributed by atoms with van der Waals surface area (Å²) in [4.78, 5) is 12.1. The minimum atomic E-state index is -0.212. The lowest BCUT2D eigenvalue weighted by atomic mass is 9.90. The molecule has 1 aliphatic rings. The second kappa shape index (κ2) is 5.57. The Balaban J connectivity index is 2.25. The summed E-state index contributed by atoms with van der Waals surface area (Å²) < 4.78 is 11.3. The van der Waals surface area contributed by atoms with Crippen LogP contribution < -0.4 is 10.4 Å². The van der Waals surface area contributed by atoms with Gasteiger partial charge in [-0.1, -0.05) is 18.2 Å². The van der Waals surface area contributed by atoms with E-state index in [0.717, 1.165) is 47.8 Å². The summed E-state index contributed by atoms with van der Waals surface area (Å²) in [6.07, 6.45) is 3.78. The van der Waals surface area contributed by atoms with Crippen LogP contribution in [0.25, 0.3) is 11.0 Å². The number of rotatable bonds is 3. The molecular formula is C17H17ClO3. The smallest absolute Gasteiger partial charge is 0.339 e. The van der Waals surface area contributed by atoms with E-state index in [4.69, 9.17) is 20.8 Å². The van der Waals surface area contributed by atoms with Gasteiger partial charge in [0.1, 0.15) is 17.9 Å². The first-order chi connectivity index (χ1) is 10.1. The highest BCUT2D eigenvalue weighted by Crippen LogP contribution is 2.34. The van der Waals surface area contributed by atoms with Crippen molar-refractivity contribution in [2.24, 2.45) is 0 Å². The molecule has 1 aromatic heterocycles. The van der Waals surface area contributed by atoms with Crippen molar-refractivity contribution in [2.45, 2.75) is 32.6 Å². The van der Waals surface area contributed by atoms with E-state index >= 15 is 0 Å². The minimum Gasteiger partial charge on any atom is -0.487 e. The quantitative estimate of drug-likeness (QED) is 0.801. The minimum absolute atomic E-state index is 0.212. The van der Waals surface area contributed by atoms with Crippen LogP contribution in [0.2, 0.25) is 0 Å². The van der Waals surface area contributed by atoms with Crippen LogP contribution in [0.4, 0.5) is 0 Å². The normalized spacial score (nSPS) is 14.0. The molecule has 110 valence electrons. The number of benzene rings is 1. The van der Waals surface area contributed by atoms with Crippen molar-refractivity contribution in [3.63, 3.8) is 0 Å². The van der Waals surface area contributed by atoms with E-state index in [-0.39, 0.29) is 12.2 Å². The summed E-state index contributed by atoms with van der Waals surface area (Å²) in [5, 5.41) is 1.35. The fourth-order valence-corrected chi connectivity index (χ4v) is 2.99. The average Bonchev–Trinajstić information content (AvgIpc) is 2.44. The van der Waals surface area contributed by atoms with E-state index in [0.29, 0.717) is 16.4 Å². The molecular weight excluding hydrogens is 288 g/mol. The molecule has 0 fully saturated rings. The van der Waals surface area contributed by atoms with Gasteiger partial charge >= 0.3 is 5.63 Å². The van der Waals surface area contributed by atoms with Crippen LogP contribution in [0.15, 0.2) is 33.0 Å². The first kappa shape index (κ1) is 14.2. The third-order valence-corrected chi connectivity index (χ3v) is 3.92. The van der Waals surface area contributed by atoms with Crippen molar-refractivity contribution >= 4 is 22.6 Å². The van der Waals surface area contributed by atoms with Gasteiger partial charge in [-0.3, -0.25) is 0 Å². The number of halogens is 1. The third kappa shape index (κ3) is 2.70. The van der Waals surface area contributed by atoms with E-state index in [1.165, 1.54) is 0 Å². The van der Waals surface area contributed by atoms with E-state index in [2.05, 4.69) is 6.58 Å². The molecule has 0 bridgehead atoms. The summed E-state index contributed by atoms with van der Waals surface area (Å²) in [6, 6.07) is 3.84. The predicted molar refractivity (Wildman–Crippen MR) is 84.4 cm³/mol. The Bertz CT molecular complexity index is 774. The molecule has 3 rings (SSSR count). The van der Waals surface area contributed by atoms with Gasteiger partial charge in [0.05, 0.1) is 5.39 Å². The molecule has 3 nitrogen and oxygen atoms in total. The molecule has 0 aliphatic heterocycles. The van der Waals surface area contributed by atoms with Gasteiger partial charge in [0.15, 0.2) is 0 Å². The lowest BCUT2D eigenvalue weighted by Gasteiger charge is -2.18. The standard InChI is InChI=1S/C17H17ClO3/c1-10-7-14(20-9-11(2)18)16-12-5-3-4-6-13(12)17(19)21-15(16)8-10/h7-8H,2-6,9H2,1H3. The number of aryl methyl sites for hydroxylation is 2. The summed E-state index contributed by atoms with van der Waals surface area (Å²) in [5.41, 5.74) is 3.23. The molecule has 0 unspecified atom stereocenters. The molecule has 21 heavy (non-hydrogen) atoms. The highest BCUT2D eigenvalue weighted by molar-refractivity contribution is 6.29. The van der Waals surface area contributed by atoms with Gasteiger partial charge in [-0.2, -0.15) is 0 Å². The van der Waals surface area contributed by atoms with E-state index in [1.807, 2.05) is 19.1 Å². The maximum absolute atomic E-state index is 12.1. The maximum Gasteiger partial charge on any atom is 0.339 e. The van der Waals surface area contributed by atoms with Crippen LogP contribution in [-0.2, 0) is 12.8 Å². The van der Waals surface area contributed by atoms with E-state index < -0.39 is 0 Å². The van der Waals surface area contributed by atoms with Crippen LogP contribution in [0, 0.1) is 6.92 Å². The molecule has 1 aliphatic carbocycles. The molecule has 0 saturated carbocycles. The van der Waals surface area contributed by atoms with E-state index in [9.17, 15) is 4.79 Å². The zero-order chi connectivity index (χ0) is 15.0. The Morgan fingerprint density at radius 2 is 2.05 bits per heavy atom. The zero-order valence-electron chi connectivity index (χ0n) is 12.0. The molecule has 0 N–H and O–H groups in total. The Hall–Kier alpha value is -1.74. The predicted octanol–water partition coefficient (Wildman–Crippen LogP) is 4.11. The number of ether oxygens (including phenoxy) is 1. The van der Waals surface area contributed by atoms with E-state index in [1.54, 1.807) is 0 Å². The zero-order valence-corrected chi connectivity index (χ0v) is 12.8. The second-order valence-electron chi connectivity index (χ2n) is 5.50. The van der Waals surface area contributed by atoms with Gasteiger partial charge in [0, 0.05) is 10.6 Å². The Morgan fingerprint density at radius 1 is 1.33 bits per heavy atom. The molecule has 0 atom stereocenters. The lowest BCUT2D eigenvalue weighted by Crippen LogP contribution is -2.16. The molecule has 2 aromatic rings. The topological polar surface area (TPSA) is 39.4 Å². The molecule has 1 heterocycles. The van der Waals surface area contributed by atoms with Gasteiger partial charge < -0.3 is 9.15 Å². The van der Waals surface area contributed by atoms with Crippen LogP contribution in [-0.4, -0.2) is 6.61 Å². The molecule has 0 radical (unpaired) electrons. The van der Waals surface area contributed by atoms with Crippen molar-refractivity contribution < 1.29 is 9.15 Å². The highest BCUT2D eigenvalue weighted by Gasteiger charge is 2.21. The Kier molecular flexibility index (Phi) is 3.77. The van der Waals surface area contributed by atoms with Crippen LogP contribution in [0.5, 0.6) is 5.75 Å². The first-order valence-corrected chi connectivity index (χ1v) is 7.49. The number of fused-ring (bicyclic) bond motifs is 3. The largest absolute Gasteiger partial charge is 0.487 e. The van der Waals surface area contributed by atoms with Gasteiger partial charge in [-0.15, -0.1) is 0 Å². The molecule has 4 heteroatoms. The van der Waals surface area contributed by atoms with Crippen molar-refractivity contribution in [3.8, 4) is 5.75 Å². The fourth-order valence-electron chi connectivity index (χ4n) is 2.94. The fraction of sp³-hybridized carbons (Fsp3) is 0.353. The Labute approximate surface area is 128 Å². The second-order valence-corrected chi connectivity index (χ2v) is 6.03. The highest BCUT2D eigenvalue weighted by atomic mass is 35.5.